The van der Waals surface area contributed by atoms with E-state index in [9.17, 15) is 4.79 Å². The second kappa shape index (κ2) is 8.10. The van der Waals surface area contributed by atoms with E-state index >= 15 is 0 Å². The molecule has 1 atom stereocenters. The average Bonchev–Trinajstić information content (AvgIpc) is 2.78. The summed E-state index contributed by atoms with van der Waals surface area (Å²) in [7, 11) is 3.48. The number of allylic oxidation sites excluding steroid dienone is 1. The van der Waals surface area contributed by atoms with E-state index in [2.05, 4.69) is 69.3 Å². The summed E-state index contributed by atoms with van der Waals surface area (Å²) in [5.41, 5.74) is 3.44. The number of para-hydroxylation sites is 1. The molecule has 160 valence electrons. The first-order valence-corrected chi connectivity index (χ1v) is 10.6. The van der Waals surface area contributed by atoms with E-state index in [-0.39, 0.29) is 11.9 Å². The van der Waals surface area contributed by atoms with E-state index in [0.717, 1.165) is 39.8 Å². The van der Waals surface area contributed by atoms with E-state index in [1.165, 1.54) is 7.11 Å². The Bertz CT molecular complexity index is 1160. The fourth-order valence-corrected chi connectivity index (χ4v) is 4.42. The van der Waals surface area contributed by atoms with Crippen LogP contribution in [0.5, 0.6) is 5.75 Å². The molecule has 3 aromatic rings. The number of carbonyl (C=O) groups is 1. The predicted octanol–water partition coefficient (Wildman–Crippen LogP) is 6.40. The van der Waals surface area contributed by atoms with Crippen molar-refractivity contribution >= 4 is 22.4 Å². The first kappa shape index (κ1) is 21.0. The number of ether oxygens (including phenoxy) is 2. The van der Waals surface area contributed by atoms with Crippen LogP contribution < -0.4 is 9.64 Å². The Morgan fingerprint density at radius 3 is 2.68 bits per heavy atom. The quantitative estimate of drug-likeness (QED) is 0.431. The van der Waals surface area contributed by atoms with Gasteiger partial charge >= 0.3 is 5.97 Å². The Morgan fingerprint density at radius 2 is 1.90 bits per heavy atom. The molecule has 0 spiro atoms. The molecule has 0 fully saturated rings. The molecule has 0 aliphatic carbocycles. The highest BCUT2D eigenvalue weighted by Gasteiger charge is 2.29. The summed E-state index contributed by atoms with van der Waals surface area (Å²) < 4.78 is 11.6. The molecule has 0 aromatic heterocycles. The third-order valence-electron chi connectivity index (χ3n) is 6.05. The van der Waals surface area contributed by atoms with Crippen molar-refractivity contribution in [3.05, 3.63) is 83.6 Å². The van der Waals surface area contributed by atoms with Crippen LogP contribution in [0.3, 0.4) is 0 Å². The molecule has 0 amide bonds. The molecule has 4 rings (SSSR count). The second-order valence-corrected chi connectivity index (χ2v) is 8.67. The molecular weight excluding hydrogens is 386 g/mol. The van der Waals surface area contributed by atoms with Gasteiger partial charge in [-0.15, -0.1) is 0 Å². The van der Waals surface area contributed by atoms with Crippen LogP contribution >= 0.6 is 0 Å². The number of methoxy groups -OCH3 is 1. The zero-order chi connectivity index (χ0) is 22.2. The van der Waals surface area contributed by atoms with Gasteiger partial charge in [0, 0.05) is 23.9 Å². The Hall–Kier alpha value is -3.27. The molecule has 31 heavy (non-hydrogen) atoms. The van der Waals surface area contributed by atoms with Crippen LogP contribution in [-0.4, -0.2) is 20.1 Å². The molecule has 1 heterocycles. The van der Waals surface area contributed by atoms with Gasteiger partial charge in [-0.05, 0) is 67.4 Å². The summed E-state index contributed by atoms with van der Waals surface area (Å²) in [6, 6.07) is 18.2. The third-order valence-corrected chi connectivity index (χ3v) is 6.05. The fraction of sp³-hybridized carbons (Fsp3) is 0.296. The topological polar surface area (TPSA) is 38.8 Å². The minimum absolute atomic E-state index is 0.240. The number of hydrogen-bond acceptors (Lipinski definition) is 4. The maximum Gasteiger partial charge on any atom is 0.337 e. The number of esters is 1. The average molecular weight is 416 g/mol. The van der Waals surface area contributed by atoms with E-state index < -0.39 is 5.60 Å². The molecule has 0 N–H and O–H groups in total. The van der Waals surface area contributed by atoms with Crippen molar-refractivity contribution in [3.8, 4) is 5.75 Å². The van der Waals surface area contributed by atoms with Gasteiger partial charge in [0.2, 0.25) is 0 Å². The number of rotatable bonds is 1. The molecule has 0 saturated heterocycles. The SMILES string of the molecule is COC(=O)c1ccc2c3c(ccc2c1)OC(C)(C)c1ccccc1N(C)C=CCC3C. The van der Waals surface area contributed by atoms with Gasteiger partial charge in [-0.2, -0.15) is 0 Å². The van der Waals surface area contributed by atoms with Crippen molar-refractivity contribution in [1.82, 2.24) is 0 Å². The number of nitrogens with zero attached hydrogens (tertiary/aromatic N) is 1. The summed E-state index contributed by atoms with van der Waals surface area (Å²) >= 11 is 0. The number of hydrogen-bond donors (Lipinski definition) is 0. The van der Waals surface area contributed by atoms with Gasteiger partial charge < -0.3 is 14.4 Å². The molecule has 0 bridgehead atoms. The van der Waals surface area contributed by atoms with E-state index in [1.54, 1.807) is 0 Å². The fourth-order valence-electron chi connectivity index (χ4n) is 4.42. The van der Waals surface area contributed by atoms with Crippen LogP contribution in [0.2, 0.25) is 0 Å². The summed E-state index contributed by atoms with van der Waals surface area (Å²) in [5.74, 6) is 0.791. The first-order chi connectivity index (χ1) is 14.8. The predicted molar refractivity (Wildman–Crippen MR) is 126 cm³/mol. The maximum atomic E-state index is 12.0. The van der Waals surface area contributed by atoms with Crippen LogP contribution in [0, 0.1) is 0 Å². The Labute approximate surface area is 184 Å². The maximum absolute atomic E-state index is 12.0. The molecule has 3 aromatic carbocycles. The van der Waals surface area contributed by atoms with Crippen LogP contribution in [0.15, 0.2) is 66.9 Å². The molecule has 1 unspecified atom stereocenters. The summed E-state index contributed by atoms with van der Waals surface area (Å²) in [6.07, 6.45) is 5.23. The van der Waals surface area contributed by atoms with Crippen LogP contribution in [-0.2, 0) is 10.3 Å². The Balaban J connectivity index is 1.91. The zero-order valence-corrected chi connectivity index (χ0v) is 18.8. The normalized spacial score (nSPS) is 17.8. The van der Waals surface area contributed by atoms with Gasteiger partial charge in [0.05, 0.1) is 12.7 Å². The molecular formula is C27H29NO3. The van der Waals surface area contributed by atoms with Crippen molar-refractivity contribution in [3.63, 3.8) is 0 Å². The molecule has 1 aliphatic heterocycles. The molecule has 1 aliphatic rings. The van der Waals surface area contributed by atoms with Gasteiger partial charge in [-0.3, -0.25) is 0 Å². The monoisotopic (exact) mass is 415 g/mol. The lowest BCUT2D eigenvalue weighted by molar-refractivity contribution is 0.0601. The number of anilines is 1. The van der Waals surface area contributed by atoms with Gasteiger partial charge in [0.15, 0.2) is 0 Å². The largest absolute Gasteiger partial charge is 0.483 e. The second-order valence-electron chi connectivity index (χ2n) is 8.67. The third kappa shape index (κ3) is 3.90. The lowest BCUT2D eigenvalue weighted by atomic mass is 9.90. The van der Waals surface area contributed by atoms with Crippen LogP contribution in [0.1, 0.15) is 54.6 Å². The van der Waals surface area contributed by atoms with Gasteiger partial charge in [-0.25, -0.2) is 4.79 Å². The highest BCUT2D eigenvalue weighted by atomic mass is 16.5. The van der Waals surface area contributed by atoms with Crippen LogP contribution in [0.4, 0.5) is 5.69 Å². The lowest BCUT2D eigenvalue weighted by Gasteiger charge is -2.32. The standard InChI is InChI=1S/C27H29NO3/c1-18-9-8-16-28(4)23-11-7-6-10-22(23)27(2,3)31-24-15-13-19-17-20(26(29)30-5)12-14-21(19)25(18)24/h6-8,10-18H,9H2,1-5H3. The van der Waals surface area contributed by atoms with Crippen molar-refractivity contribution in [2.24, 2.45) is 0 Å². The van der Waals surface area contributed by atoms with E-state index in [0.29, 0.717) is 5.56 Å². The zero-order valence-electron chi connectivity index (χ0n) is 18.8. The van der Waals surface area contributed by atoms with Gasteiger partial charge in [0.1, 0.15) is 11.4 Å². The smallest absolute Gasteiger partial charge is 0.337 e. The summed E-state index contributed by atoms with van der Waals surface area (Å²) in [5, 5.41) is 2.11. The minimum atomic E-state index is -0.531. The number of fused-ring (bicyclic) bond motifs is 4. The van der Waals surface area contributed by atoms with Crippen molar-refractivity contribution in [1.29, 1.82) is 0 Å². The number of benzene rings is 3. The van der Waals surface area contributed by atoms with Crippen LogP contribution in [0.25, 0.3) is 10.8 Å². The number of carbonyl (C=O) groups excluding carboxylic acids is 1. The lowest BCUT2D eigenvalue weighted by Crippen LogP contribution is -2.28. The molecule has 4 nitrogen and oxygen atoms in total. The van der Waals surface area contributed by atoms with E-state index in [4.69, 9.17) is 9.47 Å². The minimum Gasteiger partial charge on any atom is -0.483 e. The van der Waals surface area contributed by atoms with Gasteiger partial charge in [-0.1, -0.05) is 43.3 Å². The molecule has 4 heteroatoms. The summed E-state index contributed by atoms with van der Waals surface area (Å²) in [6.45, 7) is 6.44. The highest BCUT2D eigenvalue weighted by molar-refractivity contribution is 5.97. The molecule has 0 saturated carbocycles. The van der Waals surface area contributed by atoms with Crippen molar-refractivity contribution in [2.45, 2.75) is 38.7 Å². The highest BCUT2D eigenvalue weighted by Crippen LogP contribution is 2.41. The van der Waals surface area contributed by atoms with E-state index in [1.807, 2.05) is 30.3 Å². The van der Waals surface area contributed by atoms with Crippen molar-refractivity contribution in [2.75, 3.05) is 19.1 Å². The first-order valence-electron chi connectivity index (χ1n) is 10.6. The molecule has 0 radical (unpaired) electrons. The summed E-state index contributed by atoms with van der Waals surface area (Å²) in [4.78, 5) is 14.2. The Kier molecular flexibility index (Phi) is 5.48. The Morgan fingerprint density at radius 1 is 1.13 bits per heavy atom. The van der Waals surface area contributed by atoms with Gasteiger partial charge in [0.25, 0.3) is 0 Å². The van der Waals surface area contributed by atoms with Crippen molar-refractivity contribution < 1.29 is 14.3 Å².